The SMILES string of the molecule is Cc1cc(OCc2coc(-c3cccc(Cl)c3)n2)ccc1[N+](=O)[O-]. The second kappa shape index (κ2) is 6.72. The smallest absolute Gasteiger partial charge is 0.272 e. The first-order valence-electron chi connectivity index (χ1n) is 7.11. The number of nitrogens with zero attached hydrogens (tertiary/aromatic N) is 2. The van der Waals surface area contributed by atoms with E-state index < -0.39 is 4.92 Å². The number of aromatic nitrogens is 1. The molecule has 0 atom stereocenters. The molecule has 1 aromatic heterocycles. The number of nitro benzene ring substituents is 1. The highest BCUT2D eigenvalue weighted by atomic mass is 35.5. The molecule has 2 aromatic carbocycles. The molecule has 0 amide bonds. The van der Waals surface area contributed by atoms with Gasteiger partial charge in [-0.25, -0.2) is 4.98 Å². The third-order valence-corrected chi connectivity index (χ3v) is 3.61. The van der Waals surface area contributed by atoms with Crippen molar-refractivity contribution in [3.63, 3.8) is 0 Å². The molecule has 3 aromatic rings. The number of ether oxygens (including phenoxy) is 1. The van der Waals surface area contributed by atoms with Crippen molar-refractivity contribution in [2.75, 3.05) is 0 Å². The third-order valence-electron chi connectivity index (χ3n) is 3.37. The van der Waals surface area contributed by atoms with E-state index >= 15 is 0 Å². The van der Waals surface area contributed by atoms with E-state index in [0.717, 1.165) is 5.56 Å². The van der Waals surface area contributed by atoms with Gasteiger partial charge in [-0.2, -0.15) is 0 Å². The van der Waals surface area contributed by atoms with Crippen molar-refractivity contribution in [2.45, 2.75) is 13.5 Å². The summed E-state index contributed by atoms with van der Waals surface area (Å²) in [7, 11) is 0. The highest BCUT2D eigenvalue weighted by Gasteiger charge is 2.12. The standard InChI is InChI=1S/C17H13ClN2O4/c1-11-7-15(5-6-16(11)20(21)22)23-9-14-10-24-17(19-14)12-3-2-4-13(18)8-12/h2-8,10H,9H2,1H3. The Kier molecular flexibility index (Phi) is 4.48. The molecule has 7 heteroatoms. The summed E-state index contributed by atoms with van der Waals surface area (Å²) in [4.78, 5) is 14.7. The van der Waals surface area contributed by atoms with Crippen LogP contribution in [-0.4, -0.2) is 9.91 Å². The van der Waals surface area contributed by atoms with Crippen LogP contribution in [0.15, 0.2) is 53.1 Å². The summed E-state index contributed by atoms with van der Waals surface area (Å²) in [5, 5.41) is 11.4. The topological polar surface area (TPSA) is 78.4 Å². The van der Waals surface area contributed by atoms with Gasteiger partial charge in [0.1, 0.15) is 24.3 Å². The molecule has 1 heterocycles. The largest absolute Gasteiger partial charge is 0.487 e. The second-order valence-corrected chi connectivity index (χ2v) is 5.58. The fourth-order valence-corrected chi connectivity index (χ4v) is 2.40. The van der Waals surface area contributed by atoms with Crippen LogP contribution in [0, 0.1) is 17.0 Å². The van der Waals surface area contributed by atoms with Crippen molar-refractivity contribution in [2.24, 2.45) is 0 Å². The maximum Gasteiger partial charge on any atom is 0.272 e. The molecular formula is C17H13ClN2O4. The Hall–Kier alpha value is -2.86. The van der Waals surface area contributed by atoms with Crippen LogP contribution >= 0.6 is 11.6 Å². The van der Waals surface area contributed by atoms with E-state index in [-0.39, 0.29) is 12.3 Å². The summed E-state index contributed by atoms with van der Waals surface area (Å²) in [6.45, 7) is 1.86. The van der Waals surface area contributed by atoms with Crippen molar-refractivity contribution >= 4 is 17.3 Å². The third kappa shape index (κ3) is 3.55. The van der Waals surface area contributed by atoms with E-state index in [1.54, 1.807) is 31.2 Å². The first-order valence-corrected chi connectivity index (χ1v) is 7.49. The first kappa shape index (κ1) is 16.0. The fraction of sp³-hybridized carbons (Fsp3) is 0.118. The van der Waals surface area contributed by atoms with Gasteiger partial charge >= 0.3 is 0 Å². The zero-order valence-corrected chi connectivity index (χ0v) is 13.5. The lowest BCUT2D eigenvalue weighted by molar-refractivity contribution is -0.385. The van der Waals surface area contributed by atoms with Gasteiger partial charge in [0.25, 0.3) is 5.69 Å². The number of hydrogen-bond donors (Lipinski definition) is 0. The van der Waals surface area contributed by atoms with Gasteiger partial charge in [-0.15, -0.1) is 0 Å². The van der Waals surface area contributed by atoms with E-state index in [9.17, 15) is 10.1 Å². The minimum absolute atomic E-state index is 0.0621. The molecule has 0 spiro atoms. The maximum absolute atomic E-state index is 10.8. The number of benzene rings is 2. The summed E-state index contributed by atoms with van der Waals surface area (Å²) in [6.07, 6.45) is 1.51. The minimum atomic E-state index is -0.423. The molecule has 6 nitrogen and oxygen atoms in total. The summed E-state index contributed by atoms with van der Waals surface area (Å²) >= 11 is 5.95. The van der Waals surface area contributed by atoms with E-state index in [2.05, 4.69) is 4.98 Å². The Balaban J connectivity index is 1.70. The number of hydrogen-bond acceptors (Lipinski definition) is 5. The lowest BCUT2D eigenvalue weighted by atomic mass is 10.2. The number of halogens is 1. The Morgan fingerprint density at radius 2 is 2.12 bits per heavy atom. The van der Waals surface area contributed by atoms with Gasteiger partial charge in [-0.3, -0.25) is 10.1 Å². The van der Waals surface area contributed by atoms with Gasteiger partial charge in [0, 0.05) is 22.2 Å². The van der Waals surface area contributed by atoms with Crippen LogP contribution in [0.1, 0.15) is 11.3 Å². The zero-order valence-electron chi connectivity index (χ0n) is 12.7. The molecule has 3 rings (SSSR count). The molecule has 0 fully saturated rings. The number of aryl methyl sites for hydroxylation is 1. The monoisotopic (exact) mass is 344 g/mol. The number of nitro groups is 1. The highest BCUT2D eigenvalue weighted by Crippen LogP contribution is 2.25. The lowest BCUT2D eigenvalue weighted by Crippen LogP contribution is -1.97. The average Bonchev–Trinajstić information content (AvgIpc) is 3.01. The van der Waals surface area contributed by atoms with E-state index in [1.807, 2.05) is 12.1 Å². The van der Waals surface area contributed by atoms with Crippen molar-refractivity contribution in [3.8, 4) is 17.2 Å². The summed E-state index contributed by atoms with van der Waals surface area (Å²) in [5.41, 5.74) is 1.99. The van der Waals surface area contributed by atoms with Crippen molar-refractivity contribution < 1.29 is 14.1 Å². The Labute approximate surface area is 142 Å². The van der Waals surface area contributed by atoms with Crippen LogP contribution in [-0.2, 0) is 6.61 Å². The maximum atomic E-state index is 10.8. The molecule has 0 aliphatic rings. The van der Waals surface area contributed by atoms with E-state index in [0.29, 0.717) is 27.9 Å². The van der Waals surface area contributed by atoms with Crippen LogP contribution in [0.2, 0.25) is 5.02 Å². The van der Waals surface area contributed by atoms with Crippen LogP contribution in [0.5, 0.6) is 5.75 Å². The molecular weight excluding hydrogens is 332 g/mol. The number of oxazole rings is 1. The van der Waals surface area contributed by atoms with Gasteiger partial charge < -0.3 is 9.15 Å². The van der Waals surface area contributed by atoms with E-state index in [1.165, 1.54) is 12.3 Å². The minimum Gasteiger partial charge on any atom is -0.487 e. The van der Waals surface area contributed by atoms with Crippen molar-refractivity contribution in [1.82, 2.24) is 4.98 Å². The van der Waals surface area contributed by atoms with Gasteiger partial charge in [0.2, 0.25) is 5.89 Å². The molecule has 0 saturated heterocycles. The predicted molar refractivity (Wildman–Crippen MR) is 89.1 cm³/mol. The quantitative estimate of drug-likeness (QED) is 0.491. The van der Waals surface area contributed by atoms with Crippen LogP contribution in [0.3, 0.4) is 0 Å². The second-order valence-electron chi connectivity index (χ2n) is 5.15. The molecule has 0 radical (unpaired) electrons. The van der Waals surface area contributed by atoms with Crippen LogP contribution in [0.25, 0.3) is 11.5 Å². The molecule has 0 aliphatic heterocycles. The summed E-state index contributed by atoms with van der Waals surface area (Å²) < 4.78 is 11.0. The summed E-state index contributed by atoms with van der Waals surface area (Å²) in [5.74, 6) is 0.987. The van der Waals surface area contributed by atoms with Crippen molar-refractivity contribution in [3.05, 3.63) is 75.1 Å². The van der Waals surface area contributed by atoms with Gasteiger partial charge in [-0.05, 0) is 37.3 Å². The first-order chi connectivity index (χ1) is 11.5. The van der Waals surface area contributed by atoms with Crippen molar-refractivity contribution in [1.29, 1.82) is 0 Å². The molecule has 0 N–H and O–H groups in total. The van der Waals surface area contributed by atoms with Gasteiger partial charge in [0.15, 0.2) is 0 Å². The average molecular weight is 345 g/mol. The van der Waals surface area contributed by atoms with E-state index in [4.69, 9.17) is 20.8 Å². The Morgan fingerprint density at radius 1 is 1.29 bits per heavy atom. The molecule has 0 aliphatic carbocycles. The van der Waals surface area contributed by atoms with Crippen LogP contribution in [0.4, 0.5) is 5.69 Å². The Bertz CT molecular complexity index is 892. The number of rotatable bonds is 5. The highest BCUT2D eigenvalue weighted by molar-refractivity contribution is 6.30. The molecule has 122 valence electrons. The molecule has 0 bridgehead atoms. The molecule has 0 unspecified atom stereocenters. The molecule has 24 heavy (non-hydrogen) atoms. The summed E-state index contributed by atoms with van der Waals surface area (Å²) in [6, 6.07) is 11.8. The zero-order chi connectivity index (χ0) is 17.1. The predicted octanol–water partition coefficient (Wildman–Crippen LogP) is 4.79. The fourth-order valence-electron chi connectivity index (χ4n) is 2.21. The van der Waals surface area contributed by atoms with Gasteiger partial charge in [0.05, 0.1) is 4.92 Å². The lowest BCUT2D eigenvalue weighted by Gasteiger charge is -2.05. The molecule has 0 saturated carbocycles. The normalized spacial score (nSPS) is 10.6. The van der Waals surface area contributed by atoms with Gasteiger partial charge in [-0.1, -0.05) is 17.7 Å². The Morgan fingerprint density at radius 3 is 2.83 bits per heavy atom. The van der Waals surface area contributed by atoms with Crippen LogP contribution < -0.4 is 4.74 Å².